The van der Waals surface area contributed by atoms with Crippen molar-refractivity contribution in [1.82, 2.24) is 14.1 Å². The van der Waals surface area contributed by atoms with Crippen LogP contribution in [0.2, 0.25) is 0 Å². The molecular weight excluding hydrogens is 534 g/mol. The molecule has 0 amide bonds. The van der Waals surface area contributed by atoms with E-state index in [1.165, 1.54) is 43.8 Å². The molecule has 0 saturated heterocycles. The van der Waals surface area contributed by atoms with Gasteiger partial charge < -0.3 is 9.13 Å². The lowest BCUT2D eigenvalue weighted by atomic mass is 10.0. The van der Waals surface area contributed by atoms with Gasteiger partial charge in [0, 0.05) is 56.4 Å². The Labute approximate surface area is 254 Å². The molecule has 0 aliphatic carbocycles. The lowest BCUT2D eigenvalue weighted by Gasteiger charge is -2.15. The number of hydrogen-bond donors (Lipinski definition) is 0. The van der Waals surface area contributed by atoms with E-state index >= 15 is 0 Å². The molecule has 6 aromatic carbocycles. The zero-order valence-corrected chi connectivity index (χ0v) is 23.9. The van der Waals surface area contributed by atoms with E-state index in [4.69, 9.17) is 4.98 Å². The predicted molar refractivity (Wildman–Crippen MR) is 184 cm³/mol. The van der Waals surface area contributed by atoms with Gasteiger partial charge in [-0.3, -0.25) is 4.98 Å². The van der Waals surface area contributed by atoms with Crippen molar-refractivity contribution in [3.63, 3.8) is 0 Å². The van der Waals surface area contributed by atoms with E-state index in [1.54, 1.807) is 0 Å². The maximum atomic E-state index is 4.83. The highest BCUT2D eigenvalue weighted by Gasteiger charge is 2.21. The first-order chi connectivity index (χ1) is 21.9. The van der Waals surface area contributed by atoms with Gasteiger partial charge in [-0.05, 0) is 47.5 Å². The molecule has 0 unspecified atom stereocenters. The maximum Gasteiger partial charge on any atom is 0.0651 e. The zero-order chi connectivity index (χ0) is 29.0. The van der Waals surface area contributed by atoms with Crippen LogP contribution in [0, 0.1) is 0 Å². The average molecular weight is 562 g/mol. The second-order valence-corrected chi connectivity index (χ2v) is 11.2. The molecular formula is C41H27N3. The quantitative estimate of drug-likeness (QED) is 0.210. The molecule has 0 N–H and O–H groups in total. The van der Waals surface area contributed by atoms with Gasteiger partial charge in [0.2, 0.25) is 0 Å². The van der Waals surface area contributed by atoms with E-state index < -0.39 is 0 Å². The number of fused-ring (bicyclic) bond motifs is 6. The van der Waals surface area contributed by atoms with Gasteiger partial charge in [0.25, 0.3) is 0 Å². The van der Waals surface area contributed by atoms with E-state index in [0.29, 0.717) is 0 Å². The van der Waals surface area contributed by atoms with Crippen molar-refractivity contribution in [3.05, 3.63) is 164 Å². The van der Waals surface area contributed by atoms with Crippen LogP contribution in [0.25, 0.3) is 77.2 Å². The first-order valence-corrected chi connectivity index (χ1v) is 15.0. The number of nitrogens with zero attached hydrogens (tertiary/aromatic N) is 3. The number of pyridine rings is 1. The highest BCUT2D eigenvalue weighted by Crippen LogP contribution is 2.42. The van der Waals surface area contributed by atoms with E-state index in [1.807, 2.05) is 12.4 Å². The molecule has 3 aromatic heterocycles. The van der Waals surface area contributed by atoms with Crippen molar-refractivity contribution in [3.8, 4) is 33.6 Å². The fourth-order valence-electron chi connectivity index (χ4n) is 6.89. The SMILES string of the molecule is c1ccc(-c2ccc(-n3c4ccccc4c4cccc(-c5cncc6c7ccccc7n(-c7ccccc7)c56)c43)cc2)cc1. The Bertz CT molecular complexity index is 2470. The third-order valence-corrected chi connectivity index (χ3v) is 8.81. The summed E-state index contributed by atoms with van der Waals surface area (Å²) in [5.41, 5.74) is 11.7. The van der Waals surface area contributed by atoms with Crippen LogP contribution in [-0.2, 0) is 0 Å². The minimum Gasteiger partial charge on any atom is -0.309 e. The third-order valence-electron chi connectivity index (χ3n) is 8.81. The van der Waals surface area contributed by atoms with Crippen molar-refractivity contribution in [1.29, 1.82) is 0 Å². The second kappa shape index (κ2) is 9.82. The average Bonchev–Trinajstić information content (AvgIpc) is 3.63. The Balaban J connectivity index is 1.38. The van der Waals surface area contributed by atoms with Gasteiger partial charge in [-0.1, -0.05) is 115 Å². The van der Waals surface area contributed by atoms with Gasteiger partial charge in [-0.15, -0.1) is 0 Å². The summed E-state index contributed by atoms with van der Waals surface area (Å²) in [6.07, 6.45) is 4.05. The van der Waals surface area contributed by atoms with Crippen molar-refractivity contribution in [2.75, 3.05) is 0 Å². The fourth-order valence-corrected chi connectivity index (χ4v) is 6.89. The van der Waals surface area contributed by atoms with Crippen LogP contribution in [0.5, 0.6) is 0 Å². The summed E-state index contributed by atoms with van der Waals surface area (Å²) in [5, 5.41) is 4.81. The van der Waals surface area contributed by atoms with Crippen molar-refractivity contribution >= 4 is 43.6 Å². The smallest absolute Gasteiger partial charge is 0.0651 e. The Morgan fingerprint density at radius 3 is 1.57 bits per heavy atom. The van der Waals surface area contributed by atoms with Crippen LogP contribution in [-0.4, -0.2) is 14.1 Å². The molecule has 44 heavy (non-hydrogen) atoms. The largest absolute Gasteiger partial charge is 0.309 e. The van der Waals surface area contributed by atoms with E-state index in [2.05, 4.69) is 161 Å². The van der Waals surface area contributed by atoms with Crippen LogP contribution >= 0.6 is 0 Å². The summed E-state index contributed by atoms with van der Waals surface area (Å²) in [7, 11) is 0. The highest BCUT2D eigenvalue weighted by molar-refractivity contribution is 6.18. The molecule has 0 aliphatic heterocycles. The Morgan fingerprint density at radius 1 is 0.341 bits per heavy atom. The van der Waals surface area contributed by atoms with Gasteiger partial charge in [0.05, 0.1) is 22.1 Å². The molecule has 0 fully saturated rings. The topological polar surface area (TPSA) is 22.8 Å². The summed E-state index contributed by atoms with van der Waals surface area (Å²) in [6, 6.07) is 54.2. The molecule has 0 spiro atoms. The predicted octanol–water partition coefficient (Wildman–Crippen LogP) is 10.6. The van der Waals surface area contributed by atoms with E-state index in [-0.39, 0.29) is 0 Å². The normalized spacial score (nSPS) is 11.6. The molecule has 3 nitrogen and oxygen atoms in total. The lowest BCUT2D eigenvalue weighted by Crippen LogP contribution is -1.98. The number of rotatable bonds is 4. The van der Waals surface area contributed by atoms with Gasteiger partial charge in [0.1, 0.15) is 0 Å². The summed E-state index contributed by atoms with van der Waals surface area (Å²) in [5.74, 6) is 0. The molecule has 0 bridgehead atoms. The molecule has 0 atom stereocenters. The number of aromatic nitrogens is 3. The summed E-state index contributed by atoms with van der Waals surface area (Å²) < 4.78 is 4.81. The van der Waals surface area contributed by atoms with Crippen LogP contribution in [0.1, 0.15) is 0 Å². The van der Waals surface area contributed by atoms with Gasteiger partial charge in [-0.25, -0.2) is 0 Å². The molecule has 0 aliphatic rings. The van der Waals surface area contributed by atoms with Gasteiger partial charge in [0.15, 0.2) is 0 Å². The van der Waals surface area contributed by atoms with E-state index in [0.717, 1.165) is 33.4 Å². The van der Waals surface area contributed by atoms with Crippen LogP contribution in [0.4, 0.5) is 0 Å². The molecule has 0 radical (unpaired) electrons. The first-order valence-electron chi connectivity index (χ1n) is 15.0. The molecule has 9 aromatic rings. The number of para-hydroxylation sites is 4. The highest BCUT2D eigenvalue weighted by atomic mass is 15.0. The fraction of sp³-hybridized carbons (Fsp3) is 0. The zero-order valence-electron chi connectivity index (χ0n) is 23.9. The molecule has 3 heterocycles. The maximum absolute atomic E-state index is 4.83. The minimum absolute atomic E-state index is 1.11. The first kappa shape index (κ1) is 24.6. The van der Waals surface area contributed by atoms with Crippen molar-refractivity contribution < 1.29 is 0 Å². The summed E-state index contributed by atoms with van der Waals surface area (Å²) >= 11 is 0. The van der Waals surface area contributed by atoms with Crippen molar-refractivity contribution in [2.24, 2.45) is 0 Å². The third kappa shape index (κ3) is 3.66. The number of hydrogen-bond acceptors (Lipinski definition) is 1. The molecule has 0 saturated carbocycles. The van der Waals surface area contributed by atoms with Crippen LogP contribution < -0.4 is 0 Å². The monoisotopic (exact) mass is 561 g/mol. The molecule has 206 valence electrons. The number of benzene rings is 6. The second-order valence-electron chi connectivity index (χ2n) is 11.2. The Morgan fingerprint density at radius 2 is 0.864 bits per heavy atom. The van der Waals surface area contributed by atoms with Gasteiger partial charge in [-0.2, -0.15) is 0 Å². The van der Waals surface area contributed by atoms with Gasteiger partial charge >= 0.3 is 0 Å². The molecule has 3 heteroatoms. The standard InChI is InChI=1S/C41H27N3/c1-3-12-28(13-4-1)29-22-24-31(25-23-29)44-38-20-9-7-16-32(38)34-18-11-19-35(40(34)44)37-27-42-26-36-33-17-8-10-21-39(33)43(41(36)37)30-14-5-2-6-15-30/h1-27H. The van der Waals surface area contributed by atoms with E-state index in [9.17, 15) is 0 Å². The van der Waals surface area contributed by atoms with Crippen LogP contribution in [0.15, 0.2) is 164 Å². The van der Waals surface area contributed by atoms with Crippen molar-refractivity contribution in [2.45, 2.75) is 0 Å². The molecule has 9 rings (SSSR count). The summed E-state index contributed by atoms with van der Waals surface area (Å²) in [6.45, 7) is 0. The Kier molecular flexibility index (Phi) is 5.50. The lowest BCUT2D eigenvalue weighted by molar-refractivity contribution is 1.17. The summed E-state index contributed by atoms with van der Waals surface area (Å²) in [4.78, 5) is 4.83. The Hall–Kier alpha value is -5.93. The van der Waals surface area contributed by atoms with Crippen LogP contribution in [0.3, 0.4) is 0 Å². The minimum atomic E-state index is 1.11.